The molecule has 1 saturated heterocycles. The normalized spacial score (nSPS) is 18.4. The van der Waals surface area contributed by atoms with Crippen molar-refractivity contribution in [1.82, 2.24) is 9.62 Å². The summed E-state index contributed by atoms with van der Waals surface area (Å²) in [5.74, 6) is 0.798. The van der Waals surface area contributed by atoms with Gasteiger partial charge in [-0.25, -0.2) is 8.42 Å². The van der Waals surface area contributed by atoms with Gasteiger partial charge in [0.15, 0.2) is 0 Å². The summed E-state index contributed by atoms with van der Waals surface area (Å²) >= 11 is 3.48. The van der Waals surface area contributed by atoms with E-state index in [-0.39, 0.29) is 16.6 Å². The molecule has 1 atom stereocenters. The molecule has 0 aliphatic carbocycles. The molecule has 204 valence electrons. The average molecular weight is 604 g/mol. The first-order valence-corrected chi connectivity index (χ1v) is 14.6. The minimum atomic E-state index is -3.61. The number of halogens is 1. The molecule has 1 fully saturated rings. The van der Waals surface area contributed by atoms with Gasteiger partial charge in [0.05, 0.1) is 27.9 Å². The average Bonchev–Trinajstić information content (AvgIpc) is 2.92. The molecule has 1 aliphatic heterocycles. The Labute approximate surface area is 234 Å². The molecule has 1 heterocycles. The van der Waals surface area contributed by atoms with E-state index in [1.807, 2.05) is 32.1 Å². The highest BCUT2D eigenvalue weighted by Gasteiger charge is 2.30. The molecular formula is C28H35BrN4O4S. The Hall–Kier alpha value is -2.95. The van der Waals surface area contributed by atoms with Gasteiger partial charge in [-0.2, -0.15) is 4.31 Å². The minimum Gasteiger partial charge on any atom is -0.507 e. The van der Waals surface area contributed by atoms with Gasteiger partial charge in [0.2, 0.25) is 10.0 Å². The van der Waals surface area contributed by atoms with Crippen LogP contribution in [0.1, 0.15) is 32.3 Å². The van der Waals surface area contributed by atoms with Gasteiger partial charge in [0, 0.05) is 50.2 Å². The van der Waals surface area contributed by atoms with Gasteiger partial charge in [0.1, 0.15) is 11.5 Å². The highest BCUT2D eigenvalue weighted by atomic mass is 79.9. The molecule has 2 N–H and O–H groups in total. The maximum atomic E-state index is 13.3. The number of methoxy groups -OCH3 is 1. The number of hydrogen-bond acceptors (Lipinski definition) is 7. The maximum Gasteiger partial charge on any atom is 0.243 e. The summed E-state index contributed by atoms with van der Waals surface area (Å²) in [6.07, 6.45) is 5.27. The molecule has 1 unspecified atom stereocenters. The molecule has 0 aromatic heterocycles. The molecule has 0 spiro atoms. The van der Waals surface area contributed by atoms with Crippen LogP contribution in [-0.2, 0) is 10.0 Å². The lowest BCUT2D eigenvalue weighted by molar-refractivity contribution is 0.264. The van der Waals surface area contributed by atoms with Crippen molar-refractivity contribution >= 4 is 37.9 Å². The molecule has 2 aromatic rings. The van der Waals surface area contributed by atoms with Crippen LogP contribution in [0.4, 0.5) is 0 Å². The highest BCUT2D eigenvalue weighted by molar-refractivity contribution is 9.12. The van der Waals surface area contributed by atoms with Crippen molar-refractivity contribution in [3.05, 3.63) is 76.0 Å². The predicted octanol–water partition coefficient (Wildman–Crippen LogP) is 5.11. The zero-order valence-electron chi connectivity index (χ0n) is 22.2. The summed E-state index contributed by atoms with van der Waals surface area (Å²) in [6, 6.07) is 13.6. The predicted molar refractivity (Wildman–Crippen MR) is 157 cm³/mol. The lowest BCUT2D eigenvalue weighted by Crippen LogP contribution is -2.42. The number of hydrogen-bond donors (Lipinski definition) is 2. The summed E-state index contributed by atoms with van der Waals surface area (Å²) in [4.78, 5) is 9.00. The third-order valence-corrected chi connectivity index (χ3v) is 8.88. The number of allylic oxidation sites excluding steroid dienone is 4. The molecular weight excluding hydrogens is 568 g/mol. The van der Waals surface area contributed by atoms with Gasteiger partial charge in [-0.1, -0.05) is 18.2 Å². The van der Waals surface area contributed by atoms with E-state index < -0.39 is 10.0 Å². The van der Waals surface area contributed by atoms with Crippen LogP contribution in [0.3, 0.4) is 0 Å². The van der Waals surface area contributed by atoms with E-state index in [9.17, 15) is 13.5 Å². The van der Waals surface area contributed by atoms with E-state index in [1.54, 1.807) is 54.0 Å². The van der Waals surface area contributed by atoms with Crippen molar-refractivity contribution in [2.24, 2.45) is 15.9 Å². The lowest BCUT2D eigenvalue weighted by Gasteiger charge is -2.32. The van der Waals surface area contributed by atoms with Crippen molar-refractivity contribution in [2.75, 3.05) is 33.8 Å². The van der Waals surface area contributed by atoms with Gasteiger partial charge in [-0.05, 0) is 78.9 Å². The lowest BCUT2D eigenvalue weighted by atomic mass is 9.99. The fourth-order valence-electron chi connectivity index (χ4n) is 4.19. The minimum absolute atomic E-state index is 0.133. The number of para-hydroxylation sites is 1. The van der Waals surface area contributed by atoms with Gasteiger partial charge >= 0.3 is 0 Å². The first kappa shape index (κ1) is 29.6. The molecule has 0 saturated carbocycles. The second-order valence-electron chi connectivity index (χ2n) is 9.09. The summed E-state index contributed by atoms with van der Waals surface area (Å²) in [7, 11) is -0.400. The van der Waals surface area contributed by atoms with E-state index in [2.05, 4.69) is 26.2 Å². The fourth-order valence-corrected chi connectivity index (χ4v) is 6.07. The van der Waals surface area contributed by atoms with Crippen molar-refractivity contribution in [1.29, 1.82) is 0 Å². The van der Waals surface area contributed by atoms with E-state index in [4.69, 9.17) is 9.73 Å². The highest BCUT2D eigenvalue weighted by Crippen LogP contribution is 2.26. The van der Waals surface area contributed by atoms with Crippen LogP contribution in [-0.4, -0.2) is 63.5 Å². The number of nitrogens with zero attached hydrogens (tertiary/aromatic N) is 3. The maximum absolute atomic E-state index is 13.3. The van der Waals surface area contributed by atoms with Crippen LogP contribution in [0.2, 0.25) is 0 Å². The monoisotopic (exact) mass is 602 g/mol. The number of piperidine rings is 1. The van der Waals surface area contributed by atoms with Crippen molar-refractivity contribution in [3.8, 4) is 11.5 Å². The standard InChI is InChI=1S/C28H35BrN4O4S/c1-20(15-27(25-12-5-6-13-28(25)34)32-21(2)26(29)18-30-3)31-17-22-9-8-14-33(19-22)38(35,36)24-11-7-10-23(16-24)37-4/h5-7,10-13,15-16,18,22,31,34H,8-9,14,17,19H2,1-4H3/b20-15+,26-21-,30-18?,32-27+. The molecule has 0 amide bonds. The molecule has 3 rings (SSSR count). The second kappa shape index (κ2) is 13.7. The van der Waals surface area contributed by atoms with Gasteiger partial charge < -0.3 is 15.2 Å². The first-order valence-electron chi connectivity index (χ1n) is 12.4. The third kappa shape index (κ3) is 7.78. The number of aliphatic imine (C=N–C) groups is 2. The van der Waals surface area contributed by atoms with Crippen LogP contribution >= 0.6 is 15.9 Å². The number of aromatic hydroxyl groups is 1. The van der Waals surface area contributed by atoms with Crippen LogP contribution in [0.15, 0.2) is 85.4 Å². The Morgan fingerprint density at radius 1 is 1.24 bits per heavy atom. The Morgan fingerprint density at radius 3 is 2.71 bits per heavy atom. The van der Waals surface area contributed by atoms with Gasteiger partial charge in [-0.3, -0.25) is 9.98 Å². The first-order chi connectivity index (χ1) is 18.1. The summed E-state index contributed by atoms with van der Waals surface area (Å²) < 4.78 is 34.0. The zero-order chi connectivity index (χ0) is 27.7. The van der Waals surface area contributed by atoms with E-state index >= 15 is 0 Å². The number of rotatable bonds is 10. The summed E-state index contributed by atoms with van der Waals surface area (Å²) in [5, 5.41) is 13.9. The second-order valence-corrected chi connectivity index (χ2v) is 11.9. The number of ether oxygens (including phenoxy) is 1. The molecule has 10 heteroatoms. The zero-order valence-corrected chi connectivity index (χ0v) is 24.6. The van der Waals surface area contributed by atoms with Crippen molar-refractivity contribution < 1.29 is 18.3 Å². The molecule has 2 aromatic carbocycles. The Kier molecular flexibility index (Phi) is 10.7. The largest absolute Gasteiger partial charge is 0.507 e. The fraction of sp³-hybridized carbons (Fsp3) is 0.357. The van der Waals surface area contributed by atoms with Crippen molar-refractivity contribution in [3.63, 3.8) is 0 Å². The summed E-state index contributed by atoms with van der Waals surface area (Å²) in [5.41, 5.74) is 2.77. The number of nitrogens with one attached hydrogen (secondary N) is 1. The van der Waals surface area contributed by atoms with Crippen LogP contribution in [0.25, 0.3) is 0 Å². The molecule has 0 radical (unpaired) electrons. The number of sulfonamides is 1. The van der Waals surface area contributed by atoms with E-state index in [1.165, 1.54) is 7.11 Å². The number of phenolic OH excluding ortho intramolecular Hbond substituents is 1. The van der Waals surface area contributed by atoms with Crippen molar-refractivity contribution in [2.45, 2.75) is 31.6 Å². The number of phenols is 1. The quantitative estimate of drug-likeness (QED) is 0.368. The Morgan fingerprint density at radius 2 is 2.00 bits per heavy atom. The smallest absolute Gasteiger partial charge is 0.243 e. The molecule has 38 heavy (non-hydrogen) atoms. The van der Waals surface area contributed by atoms with E-state index in [0.29, 0.717) is 42.4 Å². The Balaban J connectivity index is 1.76. The van der Waals surface area contributed by atoms with Gasteiger partial charge in [0.25, 0.3) is 0 Å². The van der Waals surface area contributed by atoms with Crippen LogP contribution in [0, 0.1) is 5.92 Å². The van der Waals surface area contributed by atoms with Gasteiger partial charge in [-0.15, -0.1) is 0 Å². The van der Waals surface area contributed by atoms with Crippen LogP contribution in [0.5, 0.6) is 11.5 Å². The molecule has 0 bridgehead atoms. The van der Waals surface area contributed by atoms with E-state index in [0.717, 1.165) is 23.0 Å². The SMILES string of the molecule is CN=C/C(Br)=C(C)/N=C(\C=C(/C)NCC1CCCN(S(=O)(=O)c2cccc(OC)c2)C1)c1ccccc1O. The topological polar surface area (TPSA) is 104 Å². The third-order valence-electron chi connectivity index (χ3n) is 6.24. The molecule has 1 aliphatic rings. The Bertz CT molecular complexity index is 1350. The summed E-state index contributed by atoms with van der Waals surface area (Å²) in [6.45, 7) is 5.34. The molecule has 8 nitrogen and oxygen atoms in total. The number of benzene rings is 2. The van der Waals surface area contributed by atoms with Crippen LogP contribution < -0.4 is 10.1 Å².